The first-order chi connectivity index (χ1) is 10.1. The summed E-state index contributed by atoms with van der Waals surface area (Å²) >= 11 is 0. The Morgan fingerprint density at radius 1 is 1.09 bits per heavy atom. The van der Waals surface area contributed by atoms with Crippen molar-refractivity contribution in [2.24, 2.45) is 0 Å². The molecule has 0 aromatic heterocycles. The van der Waals surface area contributed by atoms with E-state index in [2.05, 4.69) is 46.5 Å². The number of allylic oxidation sites excluding steroid dienone is 1. The van der Waals surface area contributed by atoms with Gasteiger partial charge >= 0.3 is 0 Å². The zero-order chi connectivity index (χ0) is 17.0. The Hall–Kier alpha value is -1.42. The van der Waals surface area contributed by atoms with Gasteiger partial charge in [0.2, 0.25) is 8.32 Å². The fourth-order valence-corrected chi connectivity index (χ4v) is 3.01. The smallest absolute Gasteiger partial charge is 0.250 e. The van der Waals surface area contributed by atoms with Crippen LogP contribution < -0.4 is 9.47 Å². The van der Waals surface area contributed by atoms with Crippen molar-refractivity contribution in [3.8, 4) is 11.5 Å². The largest absolute Gasteiger partial charge is 0.547 e. The van der Waals surface area contributed by atoms with Crippen LogP contribution in [0.25, 0.3) is 0 Å². The van der Waals surface area contributed by atoms with Crippen molar-refractivity contribution < 1.29 is 13.9 Å². The number of ether oxygens (including phenoxy) is 2. The molecule has 4 heteroatoms. The van der Waals surface area contributed by atoms with E-state index in [-0.39, 0.29) is 5.04 Å². The average Bonchev–Trinajstić information content (AvgIpc) is 2.43. The number of hydrogen-bond donors (Lipinski definition) is 0. The van der Waals surface area contributed by atoms with Crippen LogP contribution in [0.4, 0.5) is 0 Å². The summed E-state index contributed by atoms with van der Waals surface area (Å²) in [7, 11) is 1.52. The molecule has 1 rings (SSSR count). The van der Waals surface area contributed by atoms with Crippen molar-refractivity contribution >= 4 is 8.32 Å². The van der Waals surface area contributed by atoms with Crippen molar-refractivity contribution in [2.75, 3.05) is 14.2 Å². The standard InChI is InChI=1S/C18H30O3Si/c1-14(21-22(7,8)18(2,3)4)9-10-15-11-12-16(19-5)17(13-15)20-6/h11-13H,1,9-10H2,2-8H3. The molecule has 0 saturated carbocycles. The molecular formula is C18H30O3Si. The van der Waals surface area contributed by atoms with Crippen molar-refractivity contribution in [1.29, 1.82) is 0 Å². The minimum absolute atomic E-state index is 0.194. The van der Waals surface area contributed by atoms with Crippen LogP contribution in [-0.2, 0) is 10.8 Å². The molecule has 3 nitrogen and oxygen atoms in total. The van der Waals surface area contributed by atoms with Crippen LogP contribution in [0.5, 0.6) is 11.5 Å². The summed E-state index contributed by atoms with van der Waals surface area (Å²) in [5, 5.41) is 0.194. The van der Waals surface area contributed by atoms with Gasteiger partial charge in [0.05, 0.1) is 20.0 Å². The SMILES string of the molecule is C=C(CCc1ccc(OC)c(OC)c1)O[Si](C)(C)C(C)(C)C. The monoisotopic (exact) mass is 322 g/mol. The van der Waals surface area contributed by atoms with Crippen LogP contribution in [0, 0.1) is 0 Å². The number of rotatable bonds is 7. The van der Waals surface area contributed by atoms with Crippen LogP contribution in [0.15, 0.2) is 30.5 Å². The van der Waals surface area contributed by atoms with Gasteiger partial charge in [-0.1, -0.05) is 33.4 Å². The zero-order valence-electron chi connectivity index (χ0n) is 15.1. The van der Waals surface area contributed by atoms with E-state index in [1.54, 1.807) is 14.2 Å². The molecule has 1 aromatic carbocycles. The summed E-state index contributed by atoms with van der Waals surface area (Å²) in [5.41, 5.74) is 1.19. The normalized spacial score (nSPS) is 12.0. The highest BCUT2D eigenvalue weighted by Crippen LogP contribution is 2.38. The number of hydrogen-bond acceptors (Lipinski definition) is 3. The van der Waals surface area contributed by atoms with E-state index in [4.69, 9.17) is 13.9 Å². The lowest BCUT2D eigenvalue weighted by atomic mass is 10.1. The quantitative estimate of drug-likeness (QED) is 0.512. The minimum atomic E-state index is -1.78. The molecule has 0 amide bonds. The second-order valence-corrected chi connectivity index (χ2v) is 11.8. The van der Waals surface area contributed by atoms with Gasteiger partial charge in [0, 0.05) is 6.42 Å². The van der Waals surface area contributed by atoms with E-state index in [0.29, 0.717) is 0 Å². The Morgan fingerprint density at radius 2 is 1.68 bits per heavy atom. The molecule has 0 saturated heterocycles. The fourth-order valence-electron chi connectivity index (χ4n) is 1.88. The van der Waals surface area contributed by atoms with Crippen LogP contribution in [0.1, 0.15) is 32.8 Å². The van der Waals surface area contributed by atoms with Gasteiger partial charge in [-0.2, -0.15) is 0 Å². The van der Waals surface area contributed by atoms with E-state index in [1.165, 1.54) is 5.56 Å². The maximum absolute atomic E-state index is 6.21. The van der Waals surface area contributed by atoms with Gasteiger partial charge in [-0.15, -0.1) is 0 Å². The third-order valence-corrected chi connectivity index (χ3v) is 8.76. The van der Waals surface area contributed by atoms with Gasteiger partial charge < -0.3 is 13.9 Å². The molecule has 0 bridgehead atoms. The van der Waals surface area contributed by atoms with Crippen molar-refractivity contribution in [3.05, 3.63) is 36.1 Å². The summed E-state index contributed by atoms with van der Waals surface area (Å²) in [6.07, 6.45) is 1.70. The molecule has 22 heavy (non-hydrogen) atoms. The topological polar surface area (TPSA) is 27.7 Å². The average molecular weight is 323 g/mol. The highest BCUT2D eigenvalue weighted by Gasteiger charge is 2.39. The van der Waals surface area contributed by atoms with Crippen molar-refractivity contribution in [2.45, 2.75) is 51.7 Å². The van der Waals surface area contributed by atoms with Crippen LogP contribution in [0.2, 0.25) is 18.1 Å². The Morgan fingerprint density at radius 3 is 2.18 bits per heavy atom. The van der Waals surface area contributed by atoms with E-state index in [0.717, 1.165) is 30.1 Å². The minimum Gasteiger partial charge on any atom is -0.547 e. The second kappa shape index (κ2) is 7.23. The third kappa shape index (κ3) is 4.80. The van der Waals surface area contributed by atoms with Crippen molar-refractivity contribution in [1.82, 2.24) is 0 Å². The number of aryl methyl sites for hydroxylation is 1. The first-order valence-corrected chi connectivity index (χ1v) is 10.6. The van der Waals surface area contributed by atoms with Crippen LogP contribution in [-0.4, -0.2) is 22.5 Å². The molecule has 0 heterocycles. The van der Waals surface area contributed by atoms with Crippen LogP contribution >= 0.6 is 0 Å². The Kier molecular flexibility index (Phi) is 6.12. The molecule has 1 aromatic rings. The lowest BCUT2D eigenvalue weighted by Crippen LogP contribution is -2.40. The Bertz CT molecular complexity index is 516. The molecule has 0 radical (unpaired) electrons. The number of benzene rings is 1. The molecule has 0 aliphatic heterocycles. The molecule has 0 N–H and O–H groups in total. The molecule has 0 atom stereocenters. The number of methoxy groups -OCH3 is 2. The lowest BCUT2D eigenvalue weighted by molar-refractivity contribution is 0.354. The van der Waals surface area contributed by atoms with Gasteiger partial charge in [0.1, 0.15) is 0 Å². The zero-order valence-corrected chi connectivity index (χ0v) is 16.1. The molecular weight excluding hydrogens is 292 g/mol. The molecule has 0 aliphatic carbocycles. The first kappa shape index (κ1) is 18.6. The van der Waals surface area contributed by atoms with E-state index < -0.39 is 8.32 Å². The molecule has 0 fully saturated rings. The maximum Gasteiger partial charge on any atom is 0.250 e. The summed E-state index contributed by atoms with van der Waals surface area (Å²) < 4.78 is 16.8. The second-order valence-electron chi connectivity index (χ2n) is 7.09. The molecule has 0 unspecified atom stereocenters. The fraction of sp³-hybridized carbons (Fsp3) is 0.556. The molecule has 124 valence electrons. The highest BCUT2D eigenvalue weighted by molar-refractivity contribution is 6.74. The Balaban J connectivity index is 2.65. The summed E-state index contributed by atoms with van der Waals surface area (Å²) in [6.45, 7) is 15.3. The van der Waals surface area contributed by atoms with E-state index in [9.17, 15) is 0 Å². The first-order valence-electron chi connectivity index (χ1n) is 7.68. The summed E-state index contributed by atoms with van der Waals surface area (Å²) in [5.74, 6) is 2.39. The van der Waals surface area contributed by atoms with Crippen molar-refractivity contribution in [3.63, 3.8) is 0 Å². The predicted molar refractivity (Wildman–Crippen MR) is 95.3 cm³/mol. The predicted octanol–water partition coefficient (Wildman–Crippen LogP) is 5.17. The van der Waals surface area contributed by atoms with Crippen LogP contribution in [0.3, 0.4) is 0 Å². The van der Waals surface area contributed by atoms with Gasteiger partial charge in [0.25, 0.3) is 0 Å². The van der Waals surface area contributed by atoms with Gasteiger partial charge in [-0.3, -0.25) is 0 Å². The lowest BCUT2D eigenvalue weighted by Gasteiger charge is -2.37. The highest BCUT2D eigenvalue weighted by atomic mass is 28.4. The van der Waals surface area contributed by atoms with Gasteiger partial charge in [-0.25, -0.2) is 0 Å². The maximum atomic E-state index is 6.21. The summed E-state index contributed by atoms with van der Waals surface area (Å²) in [6, 6.07) is 6.00. The van der Waals surface area contributed by atoms with Gasteiger partial charge in [-0.05, 0) is 42.2 Å². The molecule has 0 spiro atoms. The third-order valence-electron chi connectivity index (χ3n) is 4.35. The van der Waals surface area contributed by atoms with E-state index in [1.807, 2.05) is 12.1 Å². The Labute approximate surface area is 136 Å². The molecule has 0 aliphatic rings. The van der Waals surface area contributed by atoms with Gasteiger partial charge in [0.15, 0.2) is 11.5 Å². The summed E-state index contributed by atoms with van der Waals surface area (Å²) in [4.78, 5) is 0. The van der Waals surface area contributed by atoms with E-state index >= 15 is 0 Å².